The molecule has 88 valence electrons. The SMILES string of the molecule is O=C(O)Cc1cnn(C2CCCCC2)c1Cl. The van der Waals surface area contributed by atoms with E-state index >= 15 is 0 Å². The van der Waals surface area contributed by atoms with Crippen LogP contribution in [0, 0.1) is 0 Å². The summed E-state index contributed by atoms with van der Waals surface area (Å²) in [6, 6.07) is 0.351. The summed E-state index contributed by atoms with van der Waals surface area (Å²) >= 11 is 6.14. The van der Waals surface area contributed by atoms with Crippen LogP contribution in [0.5, 0.6) is 0 Å². The van der Waals surface area contributed by atoms with Crippen molar-refractivity contribution in [2.75, 3.05) is 0 Å². The van der Waals surface area contributed by atoms with Crippen molar-refractivity contribution in [2.45, 2.75) is 44.6 Å². The summed E-state index contributed by atoms with van der Waals surface area (Å²) < 4.78 is 1.79. The van der Waals surface area contributed by atoms with Gasteiger partial charge in [-0.3, -0.25) is 9.48 Å². The van der Waals surface area contributed by atoms with Crippen molar-refractivity contribution in [1.82, 2.24) is 9.78 Å². The van der Waals surface area contributed by atoms with Gasteiger partial charge < -0.3 is 5.11 Å². The van der Waals surface area contributed by atoms with E-state index in [9.17, 15) is 4.79 Å². The molecule has 1 aliphatic carbocycles. The van der Waals surface area contributed by atoms with Crippen molar-refractivity contribution in [3.8, 4) is 0 Å². The molecule has 1 N–H and O–H groups in total. The number of hydrogen-bond donors (Lipinski definition) is 1. The third-order valence-electron chi connectivity index (χ3n) is 3.07. The molecule has 1 aliphatic rings. The number of hydrogen-bond acceptors (Lipinski definition) is 2. The Morgan fingerprint density at radius 2 is 2.19 bits per heavy atom. The number of nitrogens with zero attached hydrogens (tertiary/aromatic N) is 2. The molecule has 0 aliphatic heterocycles. The molecule has 0 radical (unpaired) electrons. The van der Waals surface area contributed by atoms with Gasteiger partial charge in [-0.05, 0) is 12.8 Å². The molecule has 0 amide bonds. The van der Waals surface area contributed by atoms with Gasteiger partial charge in [0.2, 0.25) is 0 Å². The number of aromatic nitrogens is 2. The Labute approximate surface area is 99.2 Å². The smallest absolute Gasteiger partial charge is 0.307 e. The number of rotatable bonds is 3. The summed E-state index contributed by atoms with van der Waals surface area (Å²) in [5.41, 5.74) is 0.611. The van der Waals surface area contributed by atoms with Crippen molar-refractivity contribution in [3.05, 3.63) is 16.9 Å². The lowest BCUT2D eigenvalue weighted by molar-refractivity contribution is -0.136. The van der Waals surface area contributed by atoms with Gasteiger partial charge in [0.15, 0.2) is 0 Å². The quantitative estimate of drug-likeness (QED) is 0.887. The Morgan fingerprint density at radius 1 is 1.50 bits per heavy atom. The van der Waals surface area contributed by atoms with E-state index < -0.39 is 5.97 Å². The minimum Gasteiger partial charge on any atom is -0.481 e. The average Bonchev–Trinajstić information content (AvgIpc) is 2.61. The highest BCUT2D eigenvalue weighted by atomic mass is 35.5. The van der Waals surface area contributed by atoms with Crippen LogP contribution < -0.4 is 0 Å². The molecule has 1 aromatic rings. The van der Waals surface area contributed by atoms with Gasteiger partial charge in [0, 0.05) is 5.56 Å². The lowest BCUT2D eigenvalue weighted by Crippen LogP contribution is -2.14. The zero-order valence-corrected chi connectivity index (χ0v) is 9.78. The fourth-order valence-electron chi connectivity index (χ4n) is 2.24. The summed E-state index contributed by atoms with van der Waals surface area (Å²) in [7, 11) is 0. The van der Waals surface area contributed by atoms with Crippen LogP contribution in [0.25, 0.3) is 0 Å². The van der Waals surface area contributed by atoms with Crippen LogP contribution in [0.3, 0.4) is 0 Å². The molecule has 0 atom stereocenters. The Balaban J connectivity index is 2.15. The van der Waals surface area contributed by atoms with Crippen molar-refractivity contribution < 1.29 is 9.90 Å². The third kappa shape index (κ3) is 2.38. The maximum Gasteiger partial charge on any atom is 0.307 e. The maximum atomic E-state index is 10.6. The summed E-state index contributed by atoms with van der Waals surface area (Å²) in [6.07, 6.45) is 7.39. The van der Waals surface area contributed by atoms with Crippen molar-refractivity contribution >= 4 is 17.6 Å². The number of carboxylic acid groups (broad SMARTS) is 1. The van der Waals surface area contributed by atoms with E-state index in [4.69, 9.17) is 16.7 Å². The molecule has 0 aromatic carbocycles. The van der Waals surface area contributed by atoms with Gasteiger partial charge in [-0.1, -0.05) is 30.9 Å². The Morgan fingerprint density at radius 3 is 2.81 bits per heavy atom. The van der Waals surface area contributed by atoms with E-state index in [-0.39, 0.29) is 6.42 Å². The molecule has 0 spiro atoms. The molecular formula is C11H15ClN2O2. The second kappa shape index (κ2) is 4.87. The first-order chi connectivity index (χ1) is 7.68. The van der Waals surface area contributed by atoms with Gasteiger partial charge in [0.25, 0.3) is 0 Å². The topological polar surface area (TPSA) is 55.1 Å². The minimum atomic E-state index is -0.870. The van der Waals surface area contributed by atoms with E-state index in [1.165, 1.54) is 19.3 Å². The molecule has 1 heterocycles. The van der Waals surface area contributed by atoms with E-state index in [1.807, 2.05) is 0 Å². The van der Waals surface area contributed by atoms with E-state index in [1.54, 1.807) is 10.9 Å². The molecule has 1 fully saturated rings. The van der Waals surface area contributed by atoms with Crippen LogP contribution in [0.15, 0.2) is 6.20 Å². The van der Waals surface area contributed by atoms with Crippen LogP contribution in [-0.2, 0) is 11.2 Å². The van der Waals surface area contributed by atoms with Gasteiger partial charge in [-0.25, -0.2) is 0 Å². The fraction of sp³-hybridized carbons (Fsp3) is 0.636. The average molecular weight is 243 g/mol. The first-order valence-electron chi connectivity index (χ1n) is 5.62. The second-order valence-electron chi connectivity index (χ2n) is 4.27. The zero-order valence-electron chi connectivity index (χ0n) is 9.03. The normalized spacial score (nSPS) is 17.6. The van der Waals surface area contributed by atoms with Crippen LogP contribution in [0.4, 0.5) is 0 Å². The molecule has 4 nitrogen and oxygen atoms in total. The van der Waals surface area contributed by atoms with Crippen molar-refractivity contribution in [2.24, 2.45) is 0 Å². The number of halogens is 1. The van der Waals surface area contributed by atoms with E-state index in [2.05, 4.69) is 5.10 Å². The number of carboxylic acids is 1. The predicted octanol–water partition coefficient (Wildman–Crippen LogP) is 2.67. The lowest BCUT2D eigenvalue weighted by Gasteiger charge is -2.22. The Bertz CT molecular complexity index is 383. The van der Waals surface area contributed by atoms with Gasteiger partial charge in [-0.15, -0.1) is 0 Å². The molecule has 0 saturated heterocycles. The van der Waals surface area contributed by atoms with Gasteiger partial charge >= 0.3 is 5.97 Å². The summed E-state index contributed by atoms with van der Waals surface area (Å²) in [5, 5.41) is 13.4. The van der Waals surface area contributed by atoms with Crippen LogP contribution in [0.2, 0.25) is 5.15 Å². The molecule has 0 bridgehead atoms. The van der Waals surface area contributed by atoms with Crippen molar-refractivity contribution in [1.29, 1.82) is 0 Å². The molecule has 5 heteroatoms. The summed E-state index contributed by atoms with van der Waals surface area (Å²) in [5.74, 6) is -0.870. The number of carbonyl (C=O) groups is 1. The molecule has 1 saturated carbocycles. The van der Waals surface area contributed by atoms with Gasteiger partial charge in [0.05, 0.1) is 18.7 Å². The molecule has 16 heavy (non-hydrogen) atoms. The van der Waals surface area contributed by atoms with Crippen LogP contribution >= 0.6 is 11.6 Å². The summed E-state index contributed by atoms with van der Waals surface area (Å²) in [6.45, 7) is 0. The van der Waals surface area contributed by atoms with E-state index in [0.29, 0.717) is 16.8 Å². The molecule has 0 unspecified atom stereocenters. The van der Waals surface area contributed by atoms with Crippen LogP contribution in [-0.4, -0.2) is 20.9 Å². The standard InChI is InChI=1S/C11H15ClN2O2/c12-11-8(6-10(15)16)7-13-14(11)9-4-2-1-3-5-9/h7,9H,1-6H2,(H,15,16). The predicted molar refractivity (Wildman–Crippen MR) is 60.7 cm³/mol. The maximum absolute atomic E-state index is 10.6. The largest absolute Gasteiger partial charge is 0.481 e. The minimum absolute atomic E-state index is 0.0500. The highest BCUT2D eigenvalue weighted by Crippen LogP contribution is 2.31. The van der Waals surface area contributed by atoms with Crippen LogP contribution in [0.1, 0.15) is 43.7 Å². The molecule has 2 rings (SSSR count). The Kier molecular flexibility index (Phi) is 3.49. The summed E-state index contributed by atoms with van der Waals surface area (Å²) in [4.78, 5) is 10.6. The van der Waals surface area contributed by atoms with Gasteiger partial charge in [-0.2, -0.15) is 5.10 Å². The Hall–Kier alpha value is -1.03. The first-order valence-corrected chi connectivity index (χ1v) is 6.00. The third-order valence-corrected chi connectivity index (χ3v) is 3.48. The van der Waals surface area contributed by atoms with Crippen molar-refractivity contribution in [3.63, 3.8) is 0 Å². The van der Waals surface area contributed by atoms with Gasteiger partial charge in [0.1, 0.15) is 5.15 Å². The number of aliphatic carboxylic acids is 1. The zero-order chi connectivity index (χ0) is 11.5. The fourth-order valence-corrected chi connectivity index (χ4v) is 2.54. The van der Waals surface area contributed by atoms with E-state index in [0.717, 1.165) is 12.8 Å². The second-order valence-corrected chi connectivity index (χ2v) is 4.63. The highest BCUT2D eigenvalue weighted by Gasteiger charge is 2.20. The molecule has 1 aromatic heterocycles. The molecular weight excluding hydrogens is 228 g/mol. The first kappa shape index (κ1) is 11.5. The lowest BCUT2D eigenvalue weighted by atomic mass is 9.96. The monoisotopic (exact) mass is 242 g/mol. The highest BCUT2D eigenvalue weighted by molar-refractivity contribution is 6.30.